The highest BCUT2D eigenvalue weighted by Gasteiger charge is 2.47. The van der Waals surface area contributed by atoms with Crippen LogP contribution in [0.15, 0.2) is 46.8 Å². The molecular formula is C27H35NO7. The number of methoxy groups -OCH3 is 1. The first kappa shape index (κ1) is 26.5. The van der Waals surface area contributed by atoms with Gasteiger partial charge in [0.2, 0.25) is 0 Å². The summed E-state index contributed by atoms with van der Waals surface area (Å²) in [6.45, 7) is 9.00. The number of ketones is 1. The van der Waals surface area contributed by atoms with Gasteiger partial charge in [-0.1, -0.05) is 26.0 Å². The van der Waals surface area contributed by atoms with E-state index >= 15 is 0 Å². The smallest absolute Gasteiger partial charge is 0.336 e. The molecule has 1 aliphatic heterocycles. The van der Waals surface area contributed by atoms with E-state index in [4.69, 9.17) is 18.9 Å². The number of hydrogen-bond donors (Lipinski definition) is 1. The number of dihydropyridines is 1. The number of hydrogen-bond acceptors (Lipinski definition) is 8. The van der Waals surface area contributed by atoms with Crippen molar-refractivity contribution in [2.24, 2.45) is 11.8 Å². The Hall–Kier alpha value is -3.13. The Morgan fingerprint density at radius 2 is 1.91 bits per heavy atom. The number of benzene rings is 1. The van der Waals surface area contributed by atoms with Crippen LogP contribution in [-0.4, -0.2) is 51.3 Å². The fourth-order valence-electron chi connectivity index (χ4n) is 4.75. The van der Waals surface area contributed by atoms with E-state index in [-0.39, 0.29) is 18.3 Å². The highest BCUT2D eigenvalue weighted by atomic mass is 16.6. The van der Waals surface area contributed by atoms with Crippen LogP contribution in [0.1, 0.15) is 52.0 Å². The Balaban J connectivity index is 2.04. The Morgan fingerprint density at radius 1 is 1.14 bits per heavy atom. The lowest BCUT2D eigenvalue weighted by Crippen LogP contribution is -2.43. The minimum absolute atomic E-state index is 0.100. The lowest BCUT2D eigenvalue weighted by molar-refractivity contribution is -0.151. The summed E-state index contributed by atoms with van der Waals surface area (Å²) in [4.78, 5) is 39.6. The van der Waals surface area contributed by atoms with E-state index in [0.717, 1.165) is 12.1 Å². The molecule has 0 saturated carbocycles. The summed E-state index contributed by atoms with van der Waals surface area (Å²) in [5, 5.41) is 3.26. The van der Waals surface area contributed by atoms with Gasteiger partial charge in [0.1, 0.15) is 18.3 Å². The Morgan fingerprint density at radius 3 is 2.60 bits per heavy atom. The van der Waals surface area contributed by atoms with Crippen molar-refractivity contribution in [1.29, 1.82) is 0 Å². The van der Waals surface area contributed by atoms with Gasteiger partial charge >= 0.3 is 11.9 Å². The maximum atomic E-state index is 13.7. The first-order chi connectivity index (χ1) is 16.8. The van der Waals surface area contributed by atoms with Gasteiger partial charge in [-0.05, 0) is 50.3 Å². The zero-order valence-corrected chi connectivity index (χ0v) is 21.1. The third-order valence-electron chi connectivity index (χ3n) is 6.27. The first-order valence-corrected chi connectivity index (χ1v) is 12.1. The molecule has 3 atom stereocenters. The van der Waals surface area contributed by atoms with E-state index in [1.54, 1.807) is 6.92 Å². The second-order valence-corrected chi connectivity index (χ2v) is 8.79. The van der Waals surface area contributed by atoms with Crippen LogP contribution >= 0.6 is 0 Å². The molecular weight excluding hydrogens is 450 g/mol. The molecule has 3 rings (SSSR count). The van der Waals surface area contributed by atoms with Crippen LogP contribution < -0.4 is 10.1 Å². The summed E-state index contributed by atoms with van der Waals surface area (Å²) >= 11 is 0. The number of esters is 2. The second kappa shape index (κ2) is 12.0. The highest BCUT2D eigenvalue weighted by Crippen LogP contribution is 2.45. The third kappa shape index (κ3) is 5.75. The van der Waals surface area contributed by atoms with Crippen LogP contribution in [0, 0.1) is 11.8 Å². The van der Waals surface area contributed by atoms with Crippen molar-refractivity contribution in [2.75, 3.05) is 33.5 Å². The van der Waals surface area contributed by atoms with Gasteiger partial charge in [-0.15, -0.1) is 0 Å². The lowest BCUT2D eigenvalue weighted by Gasteiger charge is -2.38. The molecule has 0 bridgehead atoms. The zero-order valence-electron chi connectivity index (χ0n) is 21.1. The van der Waals surface area contributed by atoms with E-state index in [2.05, 4.69) is 5.32 Å². The predicted octanol–water partition coefficient (Wildman–Crippen LogP) is 3.67. The van der Waals surface area contributed by atoms with Gasteiger partial charge in [0.15, 0.2) is 5.78 Å². The minimum Gasteiger partial charge on any atom is -0.494 e. The molecule has 1 aromatic carbocycles. The zero-order chi connectivity index (χ0) is 25.5. The molecule has 0 fully saturated rings. The van der Waals surface area contributed by atoms with Gasteiger partial charge in [0, 0.05) is 29.5 Å². The van der Waals surface area contributed by atoms with Crippen molar-refractivity contribution < 1.29 is 33.3 Å². The van der Waals surface area contributed by atoms with E-state index in [1.165, 1.54) is 7.11 Å². The van der Waals surface area contributed by atoms with Crippen LogP contribution in [0.2, 0.25) is 0 Å². The summed E-state index contributed by atoms with van der Waals surface area (Å²) in [6.07, 6.45) is 1.35. The number of allylic oxidation sites excluding steroid dienone is 3. The van der Waals surface area contributed by atoms with Crippen molar-refractivity contribution >= 4 is 17.7 Å². The van der Waals surface area contributed by atoms with Gasteiger partial charge in [-0.2, -0.15) is 0 Å². The molecule has 1 aliphatic carbocycles. The third-order valence-corrected chi connectivity index (χ3v) is 6.27. The van der Waals surface area contributed by atoms with Crippen molar-refractivity contribution in [2.45, 2.75) is 46.5 Å². The van der Waals surface area contributed by atoms with Crippen molar-refractivity contribution in [3.05, 3.63) is 52.4 Å². The monoisotopic (exact) mass is 485 g/mol. The Labute approximate surface area is 206 Å². The van der Waals surface area contributed by atoms with Crippen LogP contribution in [0.5, 0.6) is 5.75 Å². The average molecular weight is 486 g/mol. The fourth-order valence-corrected chi connectivity index (χ4v) is 4.75. The average Bonchev–Trinajstić information content (AvgIpc) is 2.83. The predicted molar refractivity (Wildman–Crippen MR) is 130 cm³/mol. The van der Waals surface area contributed by atoms with Crippen LogP contribution in [0.25, 0.3) is 0 Å². The van der Waals surface area contributed by atoms with Gasteiger partial charge in [0.05, 0.1) is 25.9 Å². The van der Waals surface area contributed by atoms with E-state index < -0.39 is 23.8 Å². The normalized spacial score (nSPS) is 21.9. The topological polar surface area (TPSA) is 100 Å². The highest BCUT2D eigenvalue weighted by molar-refractivity contribution is 6.12. The molecule has 0 amide bonds. The SMILES string of the molecule is CCCOCCOC(=O)C1=C(C)NC2=C(C(=O)[C@@H](C(=O)OC)[C@H](C)C2)[C@@H]1c1cccc(OCC)c1. The molecule has 1 heterocycles. The number of carbonyl (C=O) groups is 3. The van der Waals surface area contributed by atoms with Gasteiger partial charge in [-0.25, -0.2) is 4.79 Å². The van der Waals surface area contributed by atoms with Crippen LogP contribution in [0.4, 0.5) is 0 Å². The maximum Gasteiger partial charge on any atom is 0.336 e. The molecule has 1 aromatic rings. The molecule has 0 unspecified atom stereocenters. The maximum absolute atomic E-state index is 13.7. The minimum atomic E-state index is -0.934. The number of ether oxygens (including phenoxy) is 4. The Kier molecular flexibility index (Phi) is 9.09. The second-order valence-electron chi connectivity index (χ2n) is 8.79. The quantitative estimate of drug-likeness (QED) is 0.304. The number of Topliss-reactive ketones (excluding diaryl/α,β-unsaturated/α-hetero) is 1. The van der Waals surface area contributed by atoms with E-state index in [0.29, 0.717) is 54.4 Å². The van der Waals surface area contributed by atoms with Gasteiger partial charge < -0.3 is 24.3 Å². The molecule has 0 saturated heterocycles. The molecule has 8 nitrogen and oxygen atoms in total. The van der Waals surface area contributed by atoms with E-state index in [9.17, 15) is 14.4 Å². The van der Waals surface area contributed by atoms with Gasteiger partial charge in [0.25, 0.3) is 0 Å². The van der Waals surface area contributed by atoms with Crippen LogP contribution in [0.3, 0.4) is 0 Å². The summed E-state index contributed by atoms with van der Waals surface area (Å²) in [6, 6.07) is 7.33. The number of carbonyl (C=O) groups excluding carboxylic acids is 3. The number of nitrogens with one attached hydrogen (secondary N) is 1. The van der Waals surface area contributed by atoms with Crippen LogP contribution in [-0.2, 0) is 28.6 Å². The van der Waals surface area contributed by atoms with Gasteiger partial charge in [-0.3, -0.25) is 9.59 Å². The summed E-state index contributed by atoms with van der Waals surface area (Å²) < 4.78 is 21.6. The molecule has 35 heavy (non-hydrogen) atoms. The standard InChI is InChI=1S/C27H35NO7/c1-6-11-33-12-13-35-27(31)22-17(4)28-20-14-16(3)21(26(30)32-5)25(29)24(20)23(22)18-9-8-10-19(15-18)34-7-2/h8-10,15-16,21,23,28H,6-7,11-14H2,1-5H3/t16-,21+,23-/m1/s1. The first-order valence-electron chi connectivity index (χ1n) is 12.1. The molecule has 0 spiro atoms. The molecule has 0 aromatic heterocycles. The van der Waals surface area contributed by atoms with E-state index in [1.807, 2.05) is 45.0 Å². The summed E-state index contributed by atoms with van der Waals surface area (Å²) in [5.74, 6) is -2.69. The molecule has 1 N–H and O–H groups in total. The molecule has 0 radical (unpaired) electrons. The van der Waals surface area contributed by atoms with Crippen molar-refractivity contribution in [3.63, 3.8) is 0 Å². The van der Waals surface area contributed by atoms with Crippen molar-refractivity contribution in [1.82, 2.24) is 5.32 Å². The summed E-state index contributed by atoms with van der Waals surface area (Å²) in [7, 11) is 1.28. The fraction of sp³-hybridized carbons (Fsp3) is 0.519. The number of rotatable bonds is 10. The van der Waals surface area contributed by atoms with Crippen molar-refractivity contribution in [3.8, 4) is 5.75 Å². The summed E-state index contributed by atoms with van der Waals surface area (Å²) in [5.41, 5.74) is 2.78. The molecule has 2 aliphatic rings. The Bertz CT molecular complexity index is 1030. The largest absolute Gasteiger partial charge is 0.494 e. The molecule has 8 heteroatoms. The lowest BCUT2D eigenvalue weighted by atomic mass is 9.69. The molecule has 190 valence electrons.